The molecule has 44 heavy (non-hydrogen) atoms. The minimum Gasteiger partial charge on any atom is -0.368 e. The van der Waals surface area contributed by atoms with Gasteiger partial charge in [0.05, 0.1) is 24.9 Å². The van der Waals surface area contributed by atoms with Gasteiger partial charge in [-0.05, 0) is 57.5 Å². The lowest BCUT2D eigenvalue weighted by atomic mass is 9.87. The Morgan fingerprint density at radius 3 is 2.05 bits per heavy atom. The summed E-state index contributed by atoms with van der Waals surface area (Å²) in [4.78, 5) is 12.0. The van der Waals surface area contributed by atoms with E-state index in [9.17, 15) is 4.79 Å². The van der Waals surface area contributed by atoms with Gasteiger partial charge in [0.2, 0.25) is 0 Å². The number of carbonyl (C=O) groups excluding carboxylic acids is 1. The highest BCUT2D eigenvalue weighted by molar-refractivity contribution is 6.76. The number of hydrogen-bond acceptors (Lipinski definition) is 8. The highest BCUT2D eigenvalue weighted by Crippen LogP contribution is 2.36. The summed E-state index contributed by atoms with van der Waals surface area (Å²) in [6.45, 7) is 25.2. The zero-order valence-electron chi connectivity index (χ0n) is 29.2. The smallest absolute Gasteiger partial charge is 0.163 e. The number of ether oxygens (including phenoxy) is 7. The molecule has 1 fully saturated rings. The molecule has 0 aliphatic carbocycles. The van der Waals surface area contributed by atoms with E-state index < -0.39 is 40.2 Å². The van der Waals surface area contributed by atoms with Crippen LogP contribution in [0, 0.1) is 5.92 Å². The van der Waals surface area contributed by atoms with Crippen molar-refractivity contribution < 1.29 is 38.0 Å². The summed E-state index contributed by atoms with van der Waals surface area (Å²) in [5.41, 5.74) is 1.07. The van der Waals surface area contributed by atoms with Crippen molar-refractivity contribution in [3.8, 4) is 0 Å². The predicted molar refractivity (Wildman–Crippen MR) is 181 cm³/mol. The summed E-state index contributed by atoms with van der Waals surface area (Å²) in [6.07, 6.45) is 1.19. The van der Waals surface area contributed by atoms with E-state index in [4.69, 9.17) is 33.2 Å². The van der Waals surface area contributed by atoms with Gasteiger partial charge in [0.15, 0.2) is 11.6 Å². The van der Waals surface area contributed by atoms with Crippen molar-refractivity contribution >= 4 is 21.9 Å². The summed E-state index contributed by atoms with van der Waals surface area (Å²) in [5.74, 6) is -1.13. The number of allylic oxidation sites excluding steroid dienone is 1. The van der Waals surface area contributed by atoms with Gasteiger partial charge in [-0.2, -0.15) is 0 Å². The van der Waals surface area contributed by atoms with E-state index in [0.717, 1.165) is 17.7 Å². The molecule has 0 radical (unpaired) electrons. The molecule has 1 aliphatic rings. The maximum atomic E-state index is 12.0. The van der Waals surface area contributed by atoms with E-state index in [1.807, 2.05) is 51.1 Å². The van der Waals surface area contributed by atoms with Crippen molar-refractivity contribution in [2.24, 2.45) is 5.92 Å². The van der Waals surface area contributed by atoms with Crippen molar-refractivity contribution in [2.45, 2.75) is 129 Å². The van der Waals surface area contributed by atoms with Crippen LogP contribution in [0.25, 0.3) is 0 Å². The molecule has 6 atom stereocenters. The van der Waals surface area contributed by atoms with Gasteiger partial charge in [-0.15, -0.1) is 0 Å². The molecule has 0 aromatic heterocycles. The number of rotatable bonds is 20. The standard InChI is InChI=1S/C34H60O8Si2/c1-26(35)17-18-30(39-24-36-19-21-43(6,7)8)31(40-25-37-20-22-44(9,10)11)27(2)32-33(28(3)41-34(4,5)42-32)38-23-29-15-13-12-14-16-29/h12-18,27-28,30-33H,19-25H2,1-11H3/b18-17+/t27-,28-,30-,31-,32-,33-/m1/s1. The largest absolute Gasteiger partial charge is 0.368 e. The summed E-state index contributed by atoms with van der Waals surface area (Å²) >= 11 is 0. The molecule has 1 heterocycles. The molecule has 0 N–H and O–H groups in total. The van der Waals surface area contributed by atoms with Crippen LogP contribution in [-0.4, -0.2) is 85.0 Å². The Hall–Kier alpha value is -1.22. The van der Waals surface area contributed by atoms with Gasteiger partial charge in [0, 0.05) is 35.3 Å². The molecule has 2 rings (SSSR count). The fourth-order valence-corrected chi connectivity index (χ4v) is 6.47. The second-order valence-electron chi connectivity index (χ2n) is 14.8. The van der Waals surface area contributed by atoms with E-state index in [2.05, 4.69) is 46.2 Å². The van der Waals surface area contributed by atoms with Crippen LogP contribution in [0.1, 0.15) is 40.2 Å². The molecular formula is C34H60O8Si2. The first-order valence-corrected chi connectivity index (χ1v) is 23.5. The van der Waals surface area contributed by atoms with E-state index in [-0.39, 0.29) is 37.5 Å². The molecule has 1 aromatic carbocycles. The first kappa shape index (κ1) is 39.0. The van der Waals surface area contributed by atoms with Crippen LogP contribution in [0.4, 0.5) is 0 Å². The van der Waals surface area contributed by atoms with Crippen molar-refractivity contribution in [1.82, 2.24) is 0 Å². The molecule has 1 aromatic rings. The van der Waals surface area contributed by atoms with E-state index >= 15 is 0 Å². The quantitative estimate of drug-likeness (QED) is 0.0629. The van der Waals surface area contributed by atoms with Gasteiger partial charge in [-0.3, -0.25) is 4.79 Å². The number of ketones is 1. The molecule has 1 saturated heterocycles. The van der Waals surface area contributed by atoms with Crippen LogP contribution in [0.3, 0.4) is 0 Å². The highest BCUT2D eigenvalue weighted by Gasteiger charge is 2.47. The molecule has 0 amide bonds. The van der Waals surface area contributed by atoms with Crippen LogP contribution in [0.15, 0.2) is 42.5 Å². The number of carbonyl (C=O) groups is 1. The lowest BCUT2D eigenvalue weighted by Crippen LogP contribution is -2.59. The predicted octanol–water partition coefficient (Wildman–Crippen LogP) is 7.29. The van der Waals surface area contributed by atoms with Crippen molar-refractivity contribution in [2.75, 3.05) is 26.8 Å². The van der Waals surface area contributed by atoms with Gasteiger partial charge in [-0.25, -0.2) is 0 Å². The molecule has 8 nitrogen and oxygen atoms in total. The van der Waals surface area contributed by atoms with Gasteiger partial charge in [0.1, 0.15) is 25.8 Å². The highest BCUT2D eigenvalue weighted by atomic mass is 28.3. The summed E-state index contributed by atoms with van der Waals surface area (Å²) < 4.78 is 43.9. The lowest BCUT2D eigenvalue weighted by Gasteiger charge is -2.48. The zero-order valence-corrected chi connectivity index (χ0v) is 31.2. The molecule has 1 aliphatic heterocycles. The first-order chi connectivity index (χ1) is 20.5. The summed E-state index contributed by atoms with van der Waals surface area (Å²) in [6, 6.07) is 12.1. The Morgan fingerprint density at radius 2 is 1.50 bits per heavy atom. The van der Waals surface area contributed by atoms with E-state index in [0.29, 0.717) is 19.8 Å². The van der Waals surface area contributed by atoms with E-state index in [1.54, 1.807) is 6.08 Å². The van der Waals surface area contributed by atoms with Crippen molar-refractivity contribution in [1.29, 1.82) is 0 Å². The van der Waals surface area contributed by atoms with Gasteiger partial charge in [0.25, 0.3) is 0 Å². The number of benzene rings is 1. The topological polar surface area (TPSA) is 81.7 Å². The van der Waals surface area contributed by atoms with Gasteiger partial charge < -0.3 is 33.2 Å². The van der Waals surface area contributed by atoms with Crippen LogP contribution in [-0.2, 0) is 44.6 Å². The second kappa shape index (κ2) is 18.2. The fourth-order valence-electron chi connectivity index (χ4n) is 4.96. The summed E-state index contributed by atoms with van der Waals surface area (Å²) in [5, 5.41) is 0. The van der Waals surface area contributed by atoms with Crippen molar-refractivity contribution in [3.05, 3.63) is 48.0 Å². The zero-order chi connectivity index (χ0) is 33.0. The lowest BCUT2D eigenvalue weighted by molar-refractivity contribution is -0.350. The molecule has 252 valence electrons. The molecule has 0 saturated carbocycles. The third-order valence-electron chi connectivity index (χ3n) is 7.52. The van der Waals surface area contributed by atoms with Crippen LogP contribution in [0.2, 0.25) is 51.4 Å². The van der Waals surface area contributed by atoms with Crippen molar-refractivity contribution in [3.63, 3.8) is 0 Å². The fraction of sp³-hybridized carbons (Fsp3) is 0.735. The Labute approximate surface area is 269 Å². The summed E-state index contributed by atoms with van der Waals surface area (Å²) in [7, 11) is -2.50. The molecule has 10 heteroatoms. The minimum absolute atomic E-state index is 0.0721. The monoisotopic (exact) mass is 652 g/mol. The molecular weight excluding hydrogens is 593 g/mol. The third-order valence-corrected chi connectivity index (χ3v) is 10.9. The maximum absolute atomic E-state index is 12.0. The Kier molecular flexibility index (Phi) is 16.1. The molecule has 0 unspecified atom stereocenters. The minimum atomic E-state index is -1.26. The average molecular weight is 653 g/mol. The van der Waals surface area contributed by atoms with Crippen LogP contribution >= 0.6 is 0 Å². The Morgan fingerprint density at radius 1 is 0.932 bits per heavy atom. The Balaban J connectivity index is 2.31. The maximum Gasteiger partial charge on any atom is 0.163 e. The second-order valence-corrected chi connectivity index (χ2v) is 26.1. The third kappa shape index (κ3) is 15.4. The van der Waals surface area contributed by atoms with Crippen LogP contribution < -0.4 is 0 Å². The Bertz CT molecular complexity index is 989. The van der Waals surface area contributed by atoms with E-state index in [1.165, 1.54) is 13.0 Å². The molecule has 0 bridgehead atoms. The SMILES string of the molecule is CC(=O)/C=C/[C@@H](OCOCC[Si](C)(C)C)[C@H](OCOCC[Si](C)(C)C)[C@@H](C)[C@H]1OC(C)(C)O[C@H](C)[C@H]1OCc1ccccc1. The number of hydrogen-bond donors (Lipinski definition) is 0. The average Bonchev–Trinajstić information content (AvgIpc) is 2.90. The van der Waals surface area contributed by atoms with Gasteiger partial charge >= 0.3 is 0 Å². The van der Waals surface area contributed by atoms with Gasteiger partial charge in [-0.1, -0.05) is 76.5 Å². The first-order valence-electron chi connectivity index (χ1n) is 16.1. The molecule has 0 spiro atoms. The normalized spacial score (nSPS) is 23.0. The van der Waals surface area contributed by atoms with Crippen LogP contribution in [0.5, 0.6) is 0 Å².